The lowest BCUT2D eigenvalue weighted by atomic mass is 10.1. The van der Waals surface area contributed by atoms with E-state index >= 15 is 0 Å². The Kier molecular flexibility index (Phi) is 4.06. The molecule has 0 bridgehead atoms. The van der Waals surface area contributed by atoms with Gasteiger partial charge >= 0.3 is 12.1 Å². The average Bonchev–Trinajstić information content (AvgIpc) is 1.98. The van der Waals surface area contributed by atoms with Gasteiger partial charge in [0.1, 0.15) is 6.17 Å². The molecular weight excluding hydrogens is 198 g/mol. The largest absolute Gasteiger partial charge is 0.453 e. The van der Waals surface area contributed by atoms with Crippen molar-refractivity contribution in [2.24, 2.45) is 0 Å². The standard InChI is InChI=1S/C7H9F6/c1-2-5(8)3-4-6(9,10)7(11,12)13/h5H,1-4H2/t5-/m0/s1. The molecule has 13 heavy (non-hydrogen) atoms. The summed E-state index contributed by atoms with van der Waals surface area (Å²) in [6.07, 6.45) is -9.93. The third-order valence-corrected chi connectivity index (χ3v) is 1.50. The first-order valence-corrected chi connectivity index (χ1v) is 3.58. The summed E-state index contributed by atoms with van der Waals surface area (Å²) >= 11 is 0. The second-order valence-corrected chi connectivity index (χ2v) is 2.63. The zero-order valence-corrected chi connectivity index (χ0v) is 6.67. The number of halogens is 6. The Morgan fingerprint density at radius 3 is 1.85 bits per heavy atom. The van der Waals surface area contributed by atoms with Crippen molar-refractivity contribution in [1.29, 1.82) is 0 Å². The van der Waals surface area contributed by atoms with Crippen molar-refractivity contribution in [3.63, 3.8) is 0 Å². The molecule has 0 saturated carbocycles. The molecule has 0 aromatic rings. The van der Waals surface area contributed by atoms with Gasteiger partial charge in [-0.2, -0.15) is 22.0 Å². The Morgan fingerprint density at radius 2 is 1.54 bits per heavy atom. The molecule has 6 heteroatoms. The fraction of sp³-hybridized carbons (Fsp3) is 0.857. The first-order chi connectivity index (χ1) is 5.70. The van der Waals surface area contributed by atoms with Gasteiger partial charge < -0.3 is 0 Å². The molecule has 0 aliphatic rings. The van der Waals surface area contributed by atoms with Crippen LogP contribution in [0, 0.1) is 6.92 Å². The van der Waals surface area contributed by atoms with Gasteiger partial charge in [-0.05, 0) is 12.8 Å². The lowest BCUT2D eigenvalue weighted by Gasteiger charge is -2.19. The molecule has 0 spiro atoms. The van der Waals surface area contributed by atoms with Crippen molar-refractivity contribution in [1.82, 2.24) is 0 Å². The maximum absolute atomic E-state index is 12.3. The highest BCUT2D eigenvalue weighted by molar-refractivity contribution is 4.77. The molecule has 0 fully saturated rings. The Hall–Kier alpha value is -0.420. The number of hydrogen-bond donors (Lipinski definition) is 0. The quantitative estimate of drug-likeness (QED) is 0.618. The van der Waals surface area contributed by atoms with Gasteiger partial charge in [-0.1, -0.05) is 6.92 Å². The van der Waals surface area contributed by atoms with Crippen LogP contribution < -0.4 is 0 Å². The van der Waals surface area contributed by atoms with Crippen LogP contribution in [0.1, 0.15) is 19.3 Å². The molecule has 0 saturated heterocycles. The molecule has 0 aliphatic heterocycles. The summed E-state index contributed by atoms with van der Waals surface area (Å²) in [5.41, 5.74) is 0. The first-order valence-electron chi connectivity index (χ1n) is 3.58. The van der Waals surface area contributed by atoms with Crippen molar-refractivity contribution in [2.75, 3.05) is 0 Å². The molecule has 0 nitrogen and oxygen atoms in total. The first kappa shape index (κ1) is 12.6. The highest BCUT2D eigenvalue weighted by atomic mass is 19.4. The predicted octanol–water partition coefficient (Wildman–Crippen LogP) is 3.53. The summed E-state index contributed by atoms with van der Waals surface area (Å²) in [7, 11) is 0. The highest BCUT2D eigenvalue weighted by Crippen LogP contribution is 2.39. The molecule has 0 N–H and O–H groups in total. The Morgan fingerprint density at radius 1 is 1.08 bits per heavy atom. The highest BCUT2D eigenvalue weighted by Gasteiger charge is 2.56. The zero-order valence-electron chi connectivity index (χ0n) is 6.67. The van der Waals surface area contributed by atoms with Gasteiger partial charge in [0, 0.05) is 6.42 Å². The van der Waals surface area contributed by atoms with E-state index in [4.69, 9.17) is 0 Å². The minimum absolute atomic E-state index is 0.298. The summed E-state index contributed by atoms with van der Waals surface area (Å²) in [6.45, 7) is 3.05. The van der Waals surface area contributed by atoms with Crippen LogP contribution in [0.4, 0.5) is 26.3 Å². The Labute approximate surface area is 71.9 Å². The van der Waals surface area contributed by atoms with Crippen LogP contribution in [0.3, 0.4) is 0 Å². The van der Waals surface area contributed by atoms with Crippen LogP contribution in [-0.2, 0) is 0 Å². The molecule has 1 atom stereocenters. The number of rotatable bonds is 4. The van der Waals surface area contributed by atoms with Gasteiger partial charge in [0.15, 0.2) is 0 Å². The minimum Gasteiger partial charge on any atom is -0.247 e. The van der Waals surface area contributed by atoms with Crippen molar-refractivity contribution >= 4 is 0 Å². The van der Waals surface area contributed by atoms with E-state index in [9.17, 15) is 26.3 Å². The summed E-state index contributed by atoms with van der Waals surface area (Å²) in [4.78, 5) is 0. The summed E-state index contributed by atoms with van der Waals surface area (Å²) in [5.74, 6) is -4.80. The molecule has 1 radical (unpaired) electrons. The van der Waals surface area contributed by atoms with E-state index in [1.165, 1.54) is 0 Å². The van der Waals surface area contributed by atoms with E-state index < -0.39 is 31.1 Å². The summed E-state index contributed by atoms with van der Waals surface area (Å²) < 4.78 is 71.0. The lowest BCUT2D eigenvalue weighted by Crippen LogP contribution is -2.36. The predicted molar refractivity (Wildman–Crippen MR) is 35.1 cm³/mol. The normalized spacial score (nSPS) is 15.9. The van der Waals surface area contributed by atoms with Gasteiger partial charge in [-0.15, -0.1) is 0 Å². The van der Waals surface area contributed by atoms with Crippen LogP contribution in [-0.4, -0.2) is 18.3 Å². The van der Waals surface area contributed by atoms with E-state index in [-0.39, 0.29) is 6.42 Å². The topological polar surface area (TPSA) is 0 Å². The number of alkyl halides is 6. The third kappa shape index (κ3) is 3.87. The maximum Gasteiger partial charge on any atom is 0.453 e. The molecular formula is C7H9F6. The van der Waals surface area contributed by atoms with Crippen LogP contribution in [0.5, 0.6) is 0 Å². The van der Waals surface area contributed by atoms with Gasteiger partial charge in [0.05, 0.1) is 0 Å². The molecule has 0 aliphatic carbocycles. The minimum atomic E-state index is -5.59. The lowest BCUT2D eigenvalue weighted by molar-refractivity contribution is -0.285. The van der Waals surface area contributed by atoms with Gasteiger partial charge in [0.2, 0.25) is 0 Å². The van der Waals surface area contributed by atoms with E-state index in [0.29, 0.717) is 0 Å². The third-order valence-electron chi connectivity index (χ3n) is 1.50. The van der Waals surface area contributed by atoms with Crippen molar-refractivity contribution in [3.05, 3.63) is 6.92 Å². The SMILES string of the molecule is [CH2]C[C@H](F)CCC(F)(F)C(F)(F)F. The van der Waals surface area contributed by atoms with Gasteiger partial charge in [0.25, 0.3) is 0 Å². The molecule has 0 amide bonds. The molecule has 0 aromatic heterocycles. The molecule has 0 aromatic carbocycles. The summed E-state index contributed by atoms with van der Waals surface area (Å²) in [5, 5.41) is 0. The van der Waals surface area contributed by atoms with Gasteiger partial charge in [-0.25, -0.2) is 4.39 Å². The maximum atomic E-state index is 12.3. The molecule has 0 rings (SSSR count). The van der Waals surface area contributed by atoms with E-state index in [1.54, 1.807) is 0 Å². The summed E-state index contributed by atoms with van der Waals surface area (Å²) in [6, 6.07) is 0. The van der Waals surface area contributed by atoms with Gasteiger partial charge in [-0.3, -0.25) is 0 Å². The Bertz CT molecular complexity index is 150. The van der Waals surface area contributed by atoms with Crippen LogP contribution >= 0.6 is 0 Å². The van der Waals surface area contributed by atoms with Crippen LogP contribution in [0.25, 0.3) is 0 Å². The Balaban J connectivity index is 4.04. The van der Waals surface area contributed by atoms with Crippen LogP contribution in [0.2, 0.25) is 0 Å². The van der Waals surface area contributed by atoms with Crippen molar-refractivity contribution in [2.45, 2.75) is 37.5 Å². The smallest absolute Gasteiger partial charge is 0.247 e. The number of hydrogen-bond acceptors (Lipinski definition) is 0. The monoisotopic (exact) mass is 207 g/mol. The van der Waals surface area contributed by atoms with Crippen molar-refractivity contribution < 1.29 is 26.3 Å². The molecule has 0 unspecified atom stereocenters. The van der Waals surface area contributed by atoms with E-state index in [0.717, 1.165) is 0 Å². The second-order valence-electron chi connectivity index (χ2n) is 2.63. The molecule has 79 valence electrons. The van der Waals surface area contributed by atoms with E-state index in [1.807, 2.05) is 0 Å². The van der Waals surface area contributed by atoms with Crippen molar-refractivity contribution in [3.8, 4) is 0 Å². The fourth-order valence-electron chi connectivity index (χ4n) is 0.624. The zero-order chi connectivity index (χ0) is 10.7. The second kappa shape index (κ2) is 4.19. The fourth-order valence-corrected chi connectivity index (χ4v) is 0.624. The van der Waals surface area contributed by atoms with Crippen LogP contribution in [0.15, 0.2) is 0 Å². The molecule has 0 heterocycles. The van der Waals surface area contributed by atoms with E-state index in [2.05, 4.69) is 6.92 Å². The average molecular weight is 207 g/mol.